The number of rotatable bonds is 4. The maximum atomic E-state index is 11.2. The van der Waals surface area contributed by atoms with Gasteiger partial charge in [-0.25, -0.2) is 0 Å². The second kappa shape index (κ2) is 6.08. The lowest BCUT2D eigenvalue weighted by molar-refractivity contribution is -0.122. The number of likely N-dealkylation sites (tertiary alicyclic amines) is 1. The van der Waals surface area contributed by atoms with Gasteiger partial charge >= 0.3 is 0 Å². The van der Waals surface area contributed by atoms with Crippen molar-refractivity contribution in [2.45, 2.75) is 45.2 Å². The molecule has 3 N–H and O–H groups in total. The van der Waals surface area contributed by atoms with Crippen LogP contribution in [-0.4, -0.2) is 42.5 Å². The number of nitrogens with two attached hydrogens (primary N) is 1. The Balaban J connectivity index is 2.16. The highest BCUT2D eigenvalue weighted by atomic mass is 16.2. The van der Waals surface area contributed by atoms with Crippen molar-refractivity contribution in [2.75, 3.05) is 19.6 Å². The highest BCUT2D eigenvalue weighted by Crippen LogP contribution is 2.15. The van der Waals surface area contributed by atoms with Gasteiger partial charge in [-0.1, -0.05) is 6.42 Å². The van der Waals surface area contributed by atoms with Crippen molar-refractivity contribution in [3.63, 3.8) is 0 Å². The van der Waals surface area contributed by atoms with Crippen molar-refractivity contribution in [3.8, 4) is 0 Å². The average molecular weight is 213 g/mol. The van der Waals surface area contributed by atoms with Crippen LogP contribution in [0.1, 0.15) is 33.1 Å². The Morgan fingerprint density at radius 1 is 1.60 bits per heavy atom. The molecule has 0 aromatic carbocycles. The molecule has 1 fully saturated rings. The Hall–Kier alpha value is -0.610. The van der Waals surface area contributed by atoms with Crippen LogP contribution in [0.25, 0.3) is 0 Å². The summed E-state index contributed by atoms with van der Waals surface area (Å²) in [5, 5.41) is 2.84. The van der Waals surface area contributed by atoms with Crippen LogP contribution in [0.3, 0.4) is 0 Å². The Morgan fingerprint density at radius 3 is 2.93 bits per heavy atom. The zero-order chi connectivity index (χ0) is 11.3. The molecule has 88 valence electrons. The van der Waals surface area contributed by atoms with Crippen LogP contribution < -0.4 is 11.1 Å². The molecule has 0 aromatic rings. The number of piperidine rings is 1. The number of nitrogens with one attached hydrogen (secondary N) is 1. The van der Waals surface area contributed by atoms with E-state index in [1.54, 1.807) is 6.92 Å². The van der Waals surface area contributed by atoms with Gasteiger partial charge in [0.25, 0.3) is 0 Å². The van der Waals surface area contributed by atoms with Crippen molar-refractivity contribution in [1.29, 1.82) is 0 Å². The molecule has 2 atom stereocenters. The molecule has 0 aromatic heterocycles. The largest absolute Gasteiger partial charge is 0.353 e. The van der Waals surface area contributed by atoms with Crippen LogP contribution >= 0.6 is 0 Å². The second-order valence-electron chi connectivity index (χ2n) is 4.46. The SMILES string of the molecule is CC(N)C(=O)NCCN1CCCCC1C. The number of amides is 1. The minimum Gasteiger partial charge on any atom is -0.353 e. The number of nitrogens with zero attached hydrogens (tertiary/aromatic N) is 1. The molecule has 1 aliphatic heterocycles. The van der Waals surface area contributed by atoms with Crippen LogP contribution in [0.15, 0.2) is 0 Å². The molecular weight excluding hydrogens is 190 g/mol. The summed E-state index contributed by atoms with van der Waals surface area (Å²) in [5.41, 5.74) is 5.46. The van der Waals surface area contributed by atoms with Gasteiger partial charge in [0.2, 0.25) is 5.91 Å². The Kier molecular flexibility index (Phi) is 5.05. The standard InChI is InChI=1S/C11H23N3O/c1-9-5-3-4-7-14(9)8-6-13-11(15)10(2)12/h9-10H,3-8,12H2,1-2H3,(H,13,15). The highest BCUT2D eigenvalue weighted by molar-refractivity contribution is 5.80. The van der Waals surface area contributed by atoms with Gasteiger partial charge in [0.1, 0.15) is 0 Å². The fourth-order valence-electron chi connectivity index (χ4n) is 1.97. The molecule has 0 aliphatic carbocycles. The predicted octanol–water partition coefficient (Wildman–Crippen LogP) is 0.324. The minimum atomic E-state index is -0.399. The molecular formula is C11H23N3O. The van der Waals surface area contributed by atoms with Gasteiger partial charge < -0.3 is 11.1 Å². The van der Waals surface area contributed by atoms with Gasteiger partial charge in [-0.05, 0) is 33.2 Å². The summed E-state index contributed by atoms with van der Waals surface area (Å²) in [6, 6.07) is 0.259. The van der Waals surface area contributed by atoms with Gasteiger partial charge in [-0.3, -0.25) is 9.69 Å². The third kappa shape index (κ3) is 4.18. The summed E-state index contributed by atoms with van der Waals surface area (Å²) in [7, 11) is 0. The summed E-state index contributed by atoms with van der Waals surface area (Å²) in [5.74, 6) is -0.0559. The van der Waals surface area contributed by atoms with E-state index >= 15 is 0 Å². The maximum absolute atomic E-state index is 11.2. The molecule has 15 heavy (non-hydrogen) atoms. The monoisotopic (exact) mass is 213 g/mol. The molecule has 1 saturated heterocycles. The summed E-state index contributed by atoms with van der Waals surface area (Å²) in [4.78, 5) is 13.6. The fraction of sp³-hybridized carbons (Fsp3) is 0.909. The zero-order valence-electron chi connectivity index (χ0n) is 9.83. The Bertz CT molecular complexity index is 206. The van der Waals surface area contributed by atoms with E-state index in [-0.39, 0.29) is 5.91 Å². The van der Waals surface area contributed by atoms with E-state index in [0.29, 0.717) is 12.6 Å². The number of hydrogen-bond acceptors (Lipinski definition) is 3. The van der Waals surface area contributed by atoms with E-state index in [1.807, 2.05) is 0 Å². The van der Waals surface area contributed by atoms with E-state index in [2.05, 4.69) is 17.1 Å². The highest BCUT2D eigenvalue weighted by Gasteiger charge is 2.17. The third-order valence-corrected chi connectivity index (χ3v) is 3.05. The zero-order valence-corrected chi connectivity index (χ0v) is 9.83. The van der Waals surface area contributed by atoms with E-state index < -0.39 is 6.04 Å². The van der Waals surface area contributed by atoms with Gasteiger partial charge in [0.15, 0.2) is 0 Å². The first kappa shape index (κ1) is 12.5. The number of hydrogen-bond donors (Lipinski definition) is 2. The number of carbonyl (C=O) groups excluding carboxylic acids is 1. The van der Waals surface area contributed by atoms with Gasteiger partial charge in [0.05, 0.1) is 6.04 Å². The molecule has 1 rings (SSSR count). The Labute approximate surface area is 92.2 Å². The molecule has 4 nitrogen and oxygen atoms in total. The lowest BCUT2D eigenvalue weighted by Gasteiger charge is -2.33. The van der Waals surface area contributed by atoms with Crippen molar-refractivity contribution in [3.05, 3.63) is 0 Å². The molecule has 2 unspecified atom stereocenters. The van der Waals surface area contributed by atoms with Crippen molar-refractivity contribution >= 4 is 5.91 Å². The lowest BCUT2D eigenvalue weighted by atomic mass is 10.0. The fourth-order valence-corrected chi connectivity index (χ4v) is 1.97. The van der Waals surface area contributed by atoms with Crippen LogP contribution in [-0.2, 0) is 4.79 Å². The first-order chi connectivity index (χ1) is 7.11. The van der Waals surface area contributed by atoms with E-state index in [4.69, 9.17) is 5.73 Å². The summed E-state index contributed by atoms with van der Waals surface area (Å²) in [6.07, 6.45) is 3.90. The first-order valence-electron chi connectivity index (χ1n) is 5.88. The van der Waals surface area contributed by atoms with E-state index in [9.17, 15) is 4.79 Å². The van der Waals surface area contributed by atoms with Crippen LogP contribution in [0.4, 0.5) is 0 Å². The molecule has 4 heteroatoms. The summed E-state index contributed by atoms with van der Waals surface area (Å²) in [6.45, 7) is 6.78. The average Bonchev–Trinajstić information content (AvgIpc) is 2.20. The first-order valence-corrected chi connectivity index (χ1v) is 5.88. The van der Waals surface area contributed by atoms with Crippen LogP contribution in [0, 0.1) is 0 Å². The molecule has 0 saturated carbocycles. The smallest absolute Gasteiger partial charge is 0.236 e. The second-order valence-corrected chi connectivity index (χ2v) is 4.46. The summed E-state index contributed by atoms with van der Waals surface area (Å²) >= 11 is 0. The number of carbonyl (C=O) groups is 1. The lowest BCUT2D eigenvalue weighted by Crippen LogP contribution is -2.45. The minimum absolute atomic E-state index is 0.0559. The van der Waals surface area contributed by atoms with Crippen molar-refractivity contribution in [1.82, 2.24) is 10.2 Å². The van der Waals surface area contributed by atoms with Crippen molar-refractivity contribution in [2.24, 2.45) is 5.73 Å². The Morgan fingerprint density at radius 2 is 2.33 bits per heavy atom. The molecule has 1 amide bonds. The van der Waals surface area contributed by atoms with Gasteiger partial charge in [-0.2, -0.15) is 0 Å². The normalized spacial score (nSPS) is 24.9. The van der Waals surface area contributed by atoms with E-state index in [1.165, 1.54) is 19.3 Å². The van der Waals surface area contributed by atoms with E-state index in [0.717, 1.165) is 13.1 Å². The van der Waals surface area contributed by atoms with Crippen LogP contribution in [0.2, 0.25) is 0 Å². The molecule has 1 aliphatic rings. The van der Waals surface area contributed by atoms with Crippen molar-refractivity contribution < 1.29 is 4.79 Å². The molecule has 0 spiro atoms. The van der Waals surface area contributed by atoms with Gasteiger partial charge in [0, 0.05) is 19.1 Å². The molecule has 1 heterocycles. The summed E-state index contributed by atoms with van der Waals surface area (Å²) < 4.78 is 0. The van der Waals surface area contributed by atoms with Gasteiger partial charge in [-0.15, -0.1) is 0 Å². The topological polar surface area (TPSA) is 58.4 Å². The molecule has 0 radical (unpaired) electrons. The maximum Gasteiger partial charge on any atom is 0.236 e. The van der Waals surface area contributed by atoms with Crippen LogP contribution in [0.5, 0.6) is 0 Å². The molecule has 0 bridgehead atoms. The quantitative estimate of drug-likeness (QED) is 0.707. The third-order valence-electron chi connectivity index (χ3n) is 3.05. The predicted molar refractivity (Wildman–Crippen MR) is 61.5 cm³/mol.